The summed E-state index contributed by atoms with van der Waals surface area (Å²) in [5.41, 5.74) is 0. The first kappa shape index (κ1) is 23.4. The van der Waals surface area contributed by atoms with E-state index >= 15 is 0 Å². The minimum Gasteiger partial charge on any atom is -0.378 e. The van der Waals surface area contributed by atoms with Gasteiger partial charge in [0.2, 0.25) is 5.91 Å². The molecule has 0 aromatic rings. The second kappa shape index (κ2) is 15.9. The van der Waals surface area contributed by atoms with Gasteiger partial charge in [0.1, 0.15) is 0 Å². The van der Waals surface area contributed by atoms with Crippen LogP contribution in [0.1, 0.15) is 58.3 Å². The highest BCUT2D eigenvalue weighted by Gasteiger charge is 2.12. The van der Waals surface area contributed by atoms with Gasteiger partial charge in [-0.3, -0.25) is 9.79 Å². The fourth-order valence-corrected chi connectivity index (χ4v) is 2.63. The molecule has 0 aromatic heterocycles. The Morgan fingerprint density at radius 2 is 1.79 bits per heavy atom. The molecule has 6 nitrogen and oxygen atoms in total. The zero-order valence-corrected chi connectivity index (χ0v) is 17.6. The molecule has 1 aliphatic rings. The molecule has 1 amide bonds. The van der Waals surface area contributed by atoms with Crippen LogP contribution in [0.3, 0.4) is 0 Å². The van der Waals surface area contributed by atoms with Crippen molar-refractivity contribution in [1.82, 2.24) is 16.0 Å². The van der Waals surface area contributed by atoms with Gasteiger partial charge >= 0.3 is 0 Å². The summed E-state index contributed by atoms with van der Waals surface area (Å²) < 4.78 is 5.90. The van der Waals surface area contributed by atoms with Gasteiger partial charge in [-0.25, -0.2) is 0 Å². The number of guanidine groups is 1. The van der Waals surface area contributed by atoms with Crippen LogP contribution in [0.2, 0.25) is 0 Å². The topological polar surface area (TPSA) is 74.8 Å². The van der Waals surface area contributed by atoms with E-state index in [0.717, 1.165) is 38.5 Å². The van der Waals surface area contributed by atoms with Crippen LogP contribution in [0.25, 0.3) is 0 Å². The second-order valence-electron chi connectivity index (χ2n) is 6.01. The number of carbonyl (C=O) groups is 1. The Kier molecular flexibility index (Phi) is 15.6. The molecule has 0 aliphatic heterocycles. The van der Waals surface area contributed by atoms with E-state index in [1.807, 2.05) is 6.92 Å². The number of ether oxygens (including phenoxy) is 1. The number of nitrogens with one attached hydrogen (secondary N) is 3. The van der Waals surface area contributed by atoms with E-state index < -0.39 is 0 Å². The zero-order valence-electron chi connectivity index (χ0n) is 15.2. The van der Waals surface area contributed by atoms with Crippen LogP contribution in [-0.4, -0.2) is 51.3 Å². The van der Waals surface area contributed by atoms with Crippen LogP contribution in [0, 0.1) is 0 Å². The smallest absolute Gasteiger partial charge is 0.221 e. The van der Waals surface area contributed by atoms with E-state index in [2.05, 4.69) is 20.9 Å². The van der Waals surface area contributed by atoms with E-state index in [1.54, 1.807) is 7.05 Å². The molecular weight excluding hydrogens is 419 g/mol. The van der Waals surface area contributed by atoms with Crippen molar-refractivity contribution < 1.29 is 9.53 Å². The number of halogens is 1. The Hall–Kier alpha value is -0.570. The van der Waals surface area contributed by atoms with Crippen molar-refractivity contribution in [2.75, 3.05) is 33.3 Å². The van der Waals surface area contributed by atoms with E-state index in [4.69, 9.17) is 4.74 Å². The first-order chi connectivity index (χ1) is 11.3. The average Bonchev–Trinajstić information content (AvgIpc) is 2.59. The maximum absolute atomic E-state index is 11.5. The molecule has 0 atom stereocenters. The summed E-state index contributed by atoms with van der Waals surface area (Å²) in [4.78, 5) is 15.6. The highest BCUT2D eigenvalue weighted by atomic mass is 127. The standard InChI is InChI=1S/C17H34N4O2.HI/c1-3-11-19-16(22)10-13-21-17(18-2)20-12-7-14-23-15-8-5-4-6-9-15;/h15H,3-14H2,1-2H3,(H,19,22)(H2,18,20,21);1H. The molecule has 7 heteroatoms. The lowest BCUT2D eigenvalue weighted by Crippen LogP contribution is -2.40. The number of aliphatic imine (C=N–C) groups is 1. The molecule has 0 unspecified atom stereocenters. The van der Waals surface area contributed by atoms with Crippen LogP contribution in [-0.2, 0) is 9.53 Å². The fourth-order valence-electron chi connectivity index (χ4n) is 2.63. The Morgan fingerprint density at radius 3 is 2.46 bits per heavy atom. The third kappa shape index (κ3) is 11.9. The van der Waals surface area contributed by atoms with Gasteiger partial charge in [-0.2, -0.15) is 0 Å². The summed E-state index contributed by atoms with van der Waals surface area (Å²) in [7, 11) is 1.74. The van der Waals surface area contributed by atoms with Crippen molar-refractivity contribution >= 4 is 35.8 Å². The summed E-state index contributed by atoms with van der Waals surface area (Å²) in [5, 5.41) is 9.26. The summed E-state index contributed by atoms with van der Waals surface area (Å²) in [5.74, 6) is 0.821. The summed E-state index contributed by atoms with van der Waals surface area (Å²) in [6, 6.07) is 0. The van der Waals surface area contributed by atoms with Gasteiger partial charge in [0.25, 0.3) is 0 Å². The number of hydrogen-bond acceptors (Lipinski definition) is 3. The average molecular weight is 454 g/mol. The van der Waals surface area contributed by atoms with Crippen LogP contribution in [0.5, 0.6) is 0 Å². The Bertz CT molecular complexity index is 347. The van der Waals surface area contributed by atoms with Crippen LogP contribution in [0.4, 0.5) is 0 Å². The Morgan fingerprint density at radius 1 is 1.08 bits per heavy atom. The highest BCUT2D eigenvalue weighted by Crippen LogP contribution is 2.20. The third-order valence-corrected chi connectivity index (χ3v) is 3.96. The van der Waals surface area contributed by atoms with Crippen molar-refractivity contribution in [2.45, 2.75) is 64.4 Å². The van der Waals surface area contributed by atoms with Crippen molar-refractivity contribution in [3.8, 4) is 0 Å². The van der Waals surface area contributed by atoms with E-state index in [9.17, 15) is 4.79 Å². The first-order valence-corrected chi connectivity index (χ1v) is 9.09. The maximum atomic E-state index is 11.5. The molecule has 0 saturated heterocycles. The summed E-state index contributed by atoms with van der Waals surface area (Å²) >= 11 is 0. The van der Waals surface area contributed by atoms with E-state index in [0.29, 0.717) is 19.1 Å². The van der Waals surface area contributed by atoms with Crippen LogP contribution >= 0.6 is 24.0 Å². The number of rotatable bonds is 10. The lowest BCUT2D eigenvalue weighted by atomic mass is 9.98. The van der Waals surface area contributed by atoms with Crippen LogP contribution < -0.4 is 16.0 Å². The quantitative estimate of drug-likeness (QED) is 0.205. The number of nitrogens with zero attached hydrogens (tertiary/aromatic N) is 1. The zero-order chi connectivity index (χ0) is 16.8. The minimum absolute atomic E-state index is 0. The minimum atomic E-state index is 0. The maximum Gasteiger partial charge on any atom is 0.221 e. The van der Waals surface area contributed by atoms with Crippen molar-refractivity contribution in [3.63, 3.8) is 0 Å². The Labute approximate surface area is 164 Å². The predicted molar refractivity (Wildman–Crippen MR) is 110 cm³/mol. The Balaban J connectivity index is 0.00000529. The van der Waals surface area contributed by atoms with Crippen LogP contribution in [0.15, 0.2) is 4.99 Å². The fraction of sp³-hybridized carbons (Fsp3) is 0.882. The molecular formula is C17H35IN4O2. The molecule has 24 heavy (non-hydrogen) atoms. The van der Waals surface area contributed by atoms with Crippen molar-refractivity contribution in [2.24, 2.45) is 4.99 Å². The van der Waals surface area contributed by atoms with Gasteiger partial charge in [0.15, 0.2) is 5.96 Å². The van der Waals surface area contributed by atoms with Gasteiger partial charge in [0.05, 0.1) is 6.10 Å². The second-order valence-corrected chi connectivity index (χ2v) is 6.01. The lowest BCUT2D eigenvalue weighted by molar-refractivity contribution is -0.120. The van der Waals surface area contributed by atoms with Gasteiger partial charge < -0.3 is 20.7 Å². The molecule has 0 bridgehead atoms. The number of carbonyl (C=O) groups excluding carboxylic acids is 1. The molecule has 1 fully saturated rings. The number of amides is 1. The molecule has 0 spiro atoms. The van der Waals surface area contributed by atoms with Gasteiger partial charge in [-0.05, 0) is 25.7 Å². The van der Waals surface area contributed by atoms with E-state index in [1.165, 1.54) is 32.1 Å². The molecule has 0 aromatic carbocycles. The highest BCUT2D eigenvalue weighted by molar-refractivity contribution is 14.0. The molecule has 1 aliphatic carbocycles. The molecule has 142 valence electrons. The third-order valence-electron chi connectivity index (χ3n) is 3.96. The molecule has 1 rings (SSSR count). The van der Waals surface area contributed by atoms with Crippen molar-refractivity contribution in [3.05, 3.63) is 0 Å². The first-order valence-electron chi connectivity index (χ1n) is 9.09. The van der Waals surface area contributed by atoms with Crippen molar-refractivity contribution in [1.29, 1.82) is 0 Å². The van der Waals surface area contributed by atoms with Gasteiger partial charge in [-0.1, -0.05) is 26.2 Å². The van der Waals surface area contributed by atoms with Gasteiger partial charge in [0, 0.05) is 39.7 Å². The molecule has 1 saturated carbocycles. The predicted octanol–water partition coefficient (Wildman–Crippen LogP) is 2.43. The van der Waals surface area contributed by atoms with E-state index in [-0.39, 0.29) is 29.9 Å². The molecule has 0 radical (unpaired) electrons. The molecule has 0 heterocycles. The largest absolute Gasteiger partial charge is 0.378 e. The number of hydrogen-bond donors (Lipinski definition) is 3. The summed E-state index contributed by atoms with van der Waals surface area (Å²) in [6.45, 7) is 5.01. The summed E-state index contributed by atoms with van der Waals surface area (Å²) in [6.07, 6.45) is 9.29. The SMILES string of the molecule is CCCNC(=O)CCNC(=NC)NCCCOC1CCCCC1.I. The monoisotopic (exact) mass is 454 g/mol. The normalized spacial score (nSPS) is 15.5. The molecule has 3 N–H and O–H groups in total. The lowest BCUT2D eigenvalue weighted by Gasteiger charge is -2.22. The van der Waals surface area contributed by atoms with Gasteiger partial charge in [-0.15, -0.1) is 24.0 Å².